The van der Waals surface area contributed by atoms with Crippen LogP contribution in [0.25, 0.3) is 0 Å². The minimum absolute atomic E-state index is 0.0818. The van der Waals surface area contributed by atoms with E-state index in [1.165, 1.54) is 51.4 Å². The normalized spacial score (nSPS) is 12.9. The molecule has 0 heterocycles. The molecule has 0 aliphatic heterocycles. The summed E-state index contributed by atoms with van der Waals surface area (Å²) in [5.74, 6) is 0. The zero-order valence-corrected chi connectivity index (χ0v) is 11.8. The molecule has 2 heteroatoms. The zero-order chi connectivity index (χ0) is 12.8. The van der Waals surface area contributed by atoms with Gasteiger partial charge in [-0.25, -0.2) is 0 Å². The number of aliphatic hydroxyl groups is 1. The molecule has 0 aromatic carbocycles. The summed E-state index contributed by atoms with van der Waals surface area (Å²) in [6.45, 7) is 3.01. The quantitative estimate of drug-likeness (QED) is 0.480. The second-order valence-electron chi connectivity index (χ2n) is 5.20. The molecule has 1 unspecified atom stereocenters. The van der Waals surface area contributed by atoms with Crippen LogP contribution in [0.5, 0.6) is 0 Å². The van der Waals surface area contributed by atoms with E-state index >= 15 is 0 Å². The van der Waals surface area contributed by atoms with Crippen molar-refractivity contribution in [3.8, 4) is 0 Å². The van der Waals surface area contributed by atoms with Crippen LogP contribution in [0, 0.1) is 0 Å². The molecule has 0 aliphatic carbocycles. The number of hydrogen-bond donors (Lipinski definition) is 2. The molecule has 0 saturated heterocycles. The first-order valence-corrected chi connectivity index (χ1v) is 7.69. The fourth-order valence-electron chi connectivity index (χ4n) is 2.18. The van der Waals surface area contributed by atoms with Crippen molar-refractivity contribution in [2.45, 2.75) is 90.1 Å². The van der Waals surface area contributed by atoms with Crippen molar-refractivity contribution < 1.29 is 5.11 Å². The Labute approximate surface area is 108 Å². The van der Waals surface area contributed by atoms with E-state index in [1.807, 2.05) is 0 Å². The lowest BCUT2D eigenvalue weighted by Crippen LogP contribution is -2.07. The van der Waals surface area contributed by atoms with Crippen LogP contribution >= 0.6 is 0 Å². The Balaban J connectivity index is 3.05. The molecule has 1 atom stereocenters. The van der Waals surface area contributed by atoms with E-state index in [0.29, 0.717) is 0 Å². The van der Waals surface area contributed by atoms with Gasteiger partial charge >= 0.3 is 0 Å². The maximum absolute atomic E-state index is 9.71. The lowest BCUT2D eigenvalue weighted by molar-refractivity contribution is 0.147. The van der Waals surface area contributed by atoms with Gasteiger partial charge in [0, 0.05) is 0 Å². The van der Waals surface area contributed by atoms with Crippen molar-refractivity contribution in [3.05, 3.63) is 0 Å². The number of aliphatic hydroxyl groups excluding tert-OH is 1. The summed E-state index contributed by atoms with van der Waals surface area (Å²) in [4.78, 5) is 0. The molecule has 0 aromatic heterocycles. The maximum Gasteiger partial charge on any atom is 0.0540 e. The van der Waals surface area contributed by atoms with E-state index in [4.69, 9.17) is 5.73 Å². The van der Waals surface area contributed by atoms with E-state index in [9.17, 15) is 5.11 Å². The average molecular weight is 243 g/mol. The SMILES string of the molecule is CCCCCCCCCCC(O)CCCCN. The van der Waals surface area contributed by atoms with E-state index in [0.717, 1.165) is 32.2 Å². The molecular formula is C15H33NO. The van der Waals surface area contributed by atoms with Crippen LogP contribution in [0.1, 0.15) is 84.0 Å². The number of hydrogen-bond acceptors (Lipinski definition) is 2. The van der Waals surface area contributed by atoms with E-state index in [1.54, 1.807) is 0 Å². The zero-order valence-electron chi connectivity index (χ0n) is 11.8. The Morgan fingerprint density at radius 1 is 0.765 bits per heavy atom. The maximum atomic E-state index is 9.71. The molecule has 104 valence electrons. The Hall–Kier alpha value is -0.0800. The summed E-state index contributed by atoms with van der Waals surface area (Å²) in [5.41, 5.74) is 5.42. The topological polar surface area (TPSA) is 46.2 Å². The van der Waals surface area contributed by atoms with E-state index < -0.39 is 0 Å². The first-order valence-electron chi connectivity index (χ1n) is 7.69. The van der Waals surface area contributed by atoms with Crippen LogP contribution in [-0.2, 0) is 0 Å². The minimum atomic E-state index is -0.0818. The fourth-order valence-corrected chi connectivity index (χ4v) is 2.18. The molecule has 3 N–H and O–H groups in total. The lowest BCUT2D eigenvalue weighted by Gasteiger charge is -2.09. The van der Waals surface area contributed by atoms with Crippen LogP contribution < -0.4 is 5.73 Å². The van der Waals surface area contributed by atoms with Crippen LogP contribution in [0.3, 0.4) is 0 Å². The van der Waals surface area contributed by atoms with Gasteiger partial charge in [0.25, 0.3) is 0 Å². The van der Waals surface area contributed by atoms with Gasteiger partial charge in [0.15, 0.2) is 0 Å². The van der Waals surface area contributed by atoms with Gasteiger partial charge in [-0.1, -0.05) is 58.3 Å². The van der Waals surface area contributed by atoms with Crippen molar-refractivity contribution in [1.82, 2.24) is 0 Å². The molecule has 0 aliphatic rings. The van der Waals surface area contributed by atoms with E-state index in [2.05, 4.69) is 6.92 Å². The molecule has 0 amide bonds. The van der Waals surface area contributed by atoms with Gasteiger partial charge in [-0.2, -0.15) is 0 Å². The third-order valence-corrected chi connectivity index (χ3v) is 3.38. The average Bonchev–Trinajstić information content (AvgIpc) is 2.33. The standard InChI is InChI=1S/C15H33NO/c1-2-3-4-5-6-7-8-9-12-15(17)13-10-11-14-16/h15,17H,2-14,16H2,1H3. The lowest BCUT2D eigenvalue weighted by atomic mass is 10.0. The van der Waals surface area contributed by atoms with Gasteiger partial charge < -0.3 is 10.8 Å². The molecule has 0 bridgehead atoms. The molecule has 2 nitrogen and oxygen atoms in total. The molecule has 0 fully saturated rings. The predicted molar refractivity (Wildman–Crippen MR) is 76.1 cm³/mol. The Morgan fingerprint density at radius 2 is 1.24 bits per heavy atom. The fraction of sp³-hybridized carbons (Fsp3) is 1.00. The van der Waals surface area contributed by atoms with E-state index in [-0.39, 0.29) is 6.10 Å². The predicted octanol–water partition coefficient (Wildman–Crippen LogP) is 4.01. The first-order chi connectivity index (χ1) is 8.31. The molecular weight excluding hydrogens is 210 g/mol. The van der Waals surface area contributed by atoms with Crippen molar-refractivity contribution >= 4 is 0 Å². The minimum Gasteiger partial charge on any atom is -0.393 e. The van der Waals surface area contributed by atoms with Crippen LogP contribution in [0.2, 0.25) is 0 Å². The highest BCUT2D eigenvalue weighted by molar-refractivity contribution is 4.57. The Bertz CT molecular complexity index is 139. The Kier molecular flexibility index (Phi) is 13.9. The highest BCUT2D eigenvalue weighted by atomic mass is 16.3. The van der Waals surface area contributed by atoms with Gasteiger partial charge in [-0.15, -0.1) is 0 Å². The van der Waals surface area contributed by atoms with Gasteiger partial charge in [0.2, 0.25) is 0 Å². The molecule has 0 aromatic rings. The van der Waals surface area contributed by atoms with Crippen LogP contribution in [0.4, 0.5) is 0 Å². The molecule has 0 saturated carbocycles. The summed E-state index contributed by atoms with van der Waals surface area (Å²) < 4.78 is 0. The van der Waals surface area contributed by atoms with Crippen molar-refractivity contribution in [3.63, 3.8) is 0 Å². The smallest absolute Gasteiger partial charge is 0.0540 e. The number of nitrogens with two attached hydrogens (primary N) is 1. The van der Waals surface area contributed by atoms with Gasteiger partial charge in [0.1, 0.15) is 0 Å². The molecule has 17 heavy (non-hydrogen) atoms. The van der Waals surface area contributed by atoms with Gasteiger partial charge in [0.05, 0.1) is 6.10 Å². The van der Waals surface area contributed by atoms with Crippen LogP contribution in [-0.4, -0.2) is 17.8 Å². The summed E-state index contributed by atoms with van der Waals surface area (Å²) >= 11 is 0. The van der Waals surface area contributed by atoms with Crippen molar-refractivity contribution in [2.24, 2.45) is 5.73 Å². The first kappa shape index (κ1) is 16.9. The Morgan fingerprint density at radius 3 is 1.76 bits per heavy atom. The highest BCUT2D eigenvalue weighted by Crippen LogP contribution is 2.12. The second kappa shape index (κ2) is 14.0. The summed E-state index contributed by atoms with van der Waals surface area (Å²) in [7, 11) is 0. The highest BCUT2D eigenvalue weighted by Gasteiger charge is 2.02. The molecule has 0 radical (unpaired) electrons. The summed E-state index contributed by atoms with van der Waals surface area (Å²) in [6.07, 6.45) is 14.7. The monoisotopic (exact) mass is 243 g/mol. The second-order valence-corrected chi connectivity index (χ2v) is 5.20. The van der Waals surface area contributed by atoms with Crippen molar-refractivity contribution in [2.75, 3.05) is 6.54 Å². The molecule has 0 rings (SSSR count). The summed E-state index contributed by atoms with van der Waals surface area (Å²) in [6, 6.07) is 0. The third kappa shape index (κ3) is 13.9. The molecule has 0 spiro atoms. The number of unbranched alkanes of at least 4 members (excludes halogenated alkanes) is 8. The van der Waals surface area contributed by atoms with Crippen LogP contribution in [0.15, 0.2) is 0 Å². The summed E-state index contributed by atoms with van der Waals surface area (Å²) in [5, 5.41) is 9.71. The van der Waals surface area contributed by atoms with Gasteiger partial charge in [-0.05, 0) is 32.2 Å². The van der Waals surface area contributed by atoms with Gasteiger partial charge in [-0.3, -0.25) is 0 Å². The third-order valence-electron chi connectivity index (χ3n) is 3.38. The largest absolute Gasteiger partial charge is 0.393 e. The number of rotatable bonds is 13. The van der Waals surface area contributed by atoms with Crippen molar-refractivity contribution in [1.29, 1.82) is 0 Å².